The number of benzene rings is 2. The van der Waals surface area contributed by atoms with E-state index in [4.69, 9.17) is 14.5 Å². The van der Waals surface area contributed by atoms with E-state index in [1.807, 2.05) is 81.4 Å². The second-order valence-electron chi connectivity index (χ2n) is 9.09. The number of anilines is 1. The number of carbonyl (C=O) groups excluding carboxylic acids is 2. The molecule has 4 rings (SSSR count). The fourth-order valence-corrected chi connectivity index (χ4v) is 5.88. The second-order valence-corrected chi connectivity index (χ2v) is 10.3. The standard InChI is InChI=1S/C29H33N3O4S/c1-6-35-26(33)22-18(3)32-29(5,21-16-12-9-13-17-21)23(27(34)36-7-2)25(22)31-28-30-24(19(4)37-28)20-14-10-8-11-15-20/h8-17,23,25,32H,6-7H2,1-5H3,(H,30,31). The molecule has 3 atom stereocenters. The van der Waals surface area contributed by atoms with Crippen molar-refractivity contribution in [2.24, 2.45) is 5.92 Å². The van der Waals surface area contributed by atoms with Crippen LogP contribution in [0.3, 0.4) is 0 Å². The van der Waals surface area contributed by atoms with E-state index in [1.54, 1.807) is 13.8 Å². The van der Waals surface area contributed by atoms with Crippen molar-refractivity contribution in [1.29, 1.82) is 0 Å². The van der Waals surface area contributed by atoms with Gasteiger partial charge in [0.15, 0.2) is 5.13 Å². The third-order valence-electron chi connectivity index (χ3n) is 6.65. The lowest BCUT2D eigenvalue weighted by Crippen LogP contribution is -2.60. The van der Waals surface area contributed by atoms with Crippen LogP contribution in [0.25, 0.3) is 11.3 Å². The summed E-state index contributed by atoms with van der Waals surface area (Å²) >= 11 is 1.48. The molecule has 2 N–H and O–H groups in total. The van der Waals surface area contributed by atoms with Gasteiger partial charge in [0.2, 0.25) is 0 Å². The van der Waals surface area contributed by atoms with Crippen molar-refractivity contribution >= 4 is 28.4 Å². The van der Waals surface area contributed by atoms with Gasteiger partial charge < -0.3 is 20.1 Å². The molecule has 3 aromatic rings. The highest BCUT2D eigenvalue weighted by atomic mass is 32.1. The third-order valence-corrected chi connectivity index (χ3v) is 7.55. The fraction of sp³-hybridized carbons (Fsp3) is 0.345. The zero-order valence-corrected chi connectivity index (χ0v) is 22.6. The van der Waals surface area contributed by atoms with Crippen molar-refractivity contribution in [3.8, 4) is 11.3 Å². The highest BCUT2D eigenvalue weighted by Gasteiger charge is 2.53. The number of hydrogen-bond acceptors (Lipinski definition) is 8. The minimum atomic E-state index is -0.861. The number of carbonyl (C=O) groups is 2. The summed E-state index contributed by atoms with van der Waals surface area (Å²) in [7, 11) is 0. The normalized spacial score (nSPS) is 21.2. The molecule has 0 amide bonds. The summed E-state index contributed by atoms with van der Waals surface area (Å²) in [5.74, 6) is -1.68. The average molecular weight is 520 g/mol. The predicted molar refractivity (Wildman–Crippen MR) is 146 cm³/mol. The van der Waals surface area contributed by atoms with E-state index in [0.717, 1.165) is 21.7 Å². The van der Waals surface area contributed by atoms with Crippen molar-refractivity contribution in [2.45, 2.75) is 46.2 Å². The van der Waals surface area contributed by atoms with Crippen LogP contribution in [-0.4, -0.2) is 36.2 Å². The average Bonchev–Trinajstić information content (AvgIpc) is 3.25. The van der Waals surface area contributed by atoms with Crippen molar-refractivity contribution in [1.82, 2.24) is 10.3 Å². The van der Waals surface area contributed by atoms with Gasteiger partial charge in [-0.1, -0.05) is 60.7 Å². The summed E-state index contributed by atoms with van der Waals surface area (Å²) in [6.07, 6.45) is 0. The van der Waals surface area contributed by atoms with Crippen LogP contribution in [0.15, 0.2) is 71.9 Å². The first-order valence-electron chi connectivity index (χ1n) is 12.5. The van der Waals surface area contributed by atoms with Crippen LogP contribution < -0.4 is 10.6 Å². The van der Waals surface area contributed by atoms with Crippen molar-refractivity contribution < 1.29 is 19.1 Å². The van der Waals surface area contributed by atoms with Gasteiger partial charge in [-0.25, -0.2) is 9.78 Å². The van der Waals surface area contributed by atoms with Gasteiger partial charge in [0.1, 0.15) is 5.92 Å². The smallest absolute Gasteiger partial charge is 0.337 e. The molecular weight excluding hydrogens is 486 g/mol. The van der Waals surface area contributed by atoms with Crippen LogP contribution in [0.2, 0.25) is 0 Å². The van der Waals surface area contributed by atoms with Gasteiger partial charge in [-0.3, -0.25) is 4.79 Å². The monoisotopic (exact) mass is 519 g/mol. The van der Waals surface area contributed by atoms with E-state index in [2.05, 4.69) is 10.6 Å². The number of allylic oxidation sites excluding steroid dienone is 1. The maximum Gasteiger partial charge on any atom is 0.337 e. The first kappa shape index (κ1) is 26.4. The molecule has 0 saturated carbocycles. The van der Waals surface area contributed by atoms with Gasteiger partial charge in [-0.05, 0) is 40.2 Å². The Morgan fingerprint density at radius 2 is 1.62 bits per heavy atom. The maximum atomic E-state index is 13.6. The Hall–Kier alpha value is -3.65. The highest BCUT2D eigenvalue weighted by Crippen LogP contribution is 2.42. The molecule has 0 radical (unpaired) electrons. The lowest BCUT2D eigenvalue weighted by Gasteiger charge is -2.47. The summed E-state index contributed by atoms with van der Waals surface area (Å²) in [6.45, 7) is 9.80. The van der Waals surface area contributed by atoms with Crippen LogP contribution in [0.5, 0.6) is 0 Å². The first-order chi connectivity index (χ1) is 17.8. The number of nitrogens with zero attached hydrogens (tertiary/aromatic N) is 1. The minimum absolute atomic E-state index is 0.219. The fourth-order valence-electron chi connectivity index (χ4n) is 5.01. The molecule has 37 heavy (non-hydrogen) atoms. The molecule has 1 aromatic heterocycles. The molecule has 3 unspecified atom stereocenters. The first-order valence-corrected chi connectivity index (χ1v) is 13.3. The van der Waals surface area contributed by atoms with Crippen LogP contribution >= 0.6 is 11.3 Å². The molecule has 0 bridgehead atoms. The number of aryl methyl sites for hydroxylation is 1. The van der Waals surface area contributed by atoms with E-state index in [0.29, 0.717) is 16.4 Å². The van der Waals surface area contributed by atoms with Crippen LogP contribution in [0.1, 0.15) is 38.1 Å². The maximum absolute atomic E-state index is 13.6. The van der Waals surface area contributed by atoms with Crippen molar-refractivity contribution in [3.63, 3.8) is 0 Å². The van der Waals surface area contributed by atoms with E-state index in [-0.39, 0.29) is 13.2 Å². The Bertz CT molecular complexity index is 1290. The Balaban J connectivity index is 1.85. The molecule has 8 heteroatoms. The molecule has 0 saturated heterocycles. The number of rotatable bonds is 8. The summed E-state index contributed by atoms with van der Waals surface area (Å²) in [4.78, 5) is 32.8. The number of thiazole rings is 1. The number of nitrogens with one attached hydrogen (secondary N) is 2. The van der Waals surface area contributed by atoms with Crippen LogP contribution in [0, 0.1) is 12.8 Å². The Morgan fingerprint density at radius 3 is 2.24 bits per heavy atom. The summed E-state index contributed by atoms with van der Waals surface area (Å²) < 4.78 is 11.0. The SMILES string of the molecule is CCOC(=O)C1=C(C)NC(C)(c2ccccc2)C(C(=O)OCC)C1Nc1nc(-c2ccccc2)c(C)s1. The Kier molecular flexibility index (Phi) is 7.97. The predicted octanol–water partition coefficient (Wildman–Crippen LogP) is 5.43. The summed E-state index contributed by atoms with van der Waals surface area (Å²) in [5, 5.41) is 7.53. The molecule has 194 valence electrons. The number of hydrogen-bond donors (Lipinski definition) is 2. The van der Waals surface area contributed by atoms with E-state index in [1.165, 1.54) is 11.3 Å². The van der Waals surface area contributed by atoms with Gasteiger partial charge >= 0.3 is 11.9 Å². The second kappa shape index (κ2) is 11.2. The summed E-state index contributed by atoms with van der Waals surface area (Å²) in [5.41, 5.74) is 2.91. The van der Waals surface area contributed by atoms with Crippen molar-refractivity contribution in [3.05, 3.63) is 82.4 Å². The van der Waals surface area contributed by atoms with Gasteiger partial charge in [-0.15, -0.1) is 11.3 Å². The summed E-state index contributed by atoms with van der Waals surface area (Å²) in [6, 6.07) is 18.9. The molecular formula is C29H33N3O4S. The molecule has 0 fully saturated rings. The quantitative estimate of drug-likeness (QED) is 0.383. The molecule has 1 aliphatic rings. The van der Waals surface area contributed by atoms with E-state index >= 15 is 0 Å². The largest absolute Gasteiger partial charge is 0.466 e. The number of ether oxygens (including phenoxy) is 2. The Labute approximate surface area is 221 Å². The number of esters is 2. The van der Waals surface area contributed by atoms with Crippen molar-refractivity contribution in [2.75, 3.05) is 18.5 Å². The lowest BCUT2D eigenvalue weighted by atomic mass is 9.70. The molecule has 0 spiro atoms. The molecule has 2 heterocycles. The van der Waals surface area contributed by atoms with E-state index in [9.17, 15) is 9.59 Å². The number of aromatic nitrogens is 1. The van der Waals surface area contributed by atoms with Gasteiger partial charge in [0.05, 0.1) is 36.1 Å². The van der Waals surface area contributed by atoms with Gasteiger partial charge in [-0.2, -0.15) is 0 Å². The van der Waals surface area contributed by atoms with E-state index < -0.39 is 29.4 Å². The molecule has 0 aliphatic carbocycles. The zero-order valence-electron chi connectivity index (χ0n) is 21.8. The minimum Gasteiger partial charge on any atom is -0.466 e. The third kappa shape index (κ3) is 5.25. The van der Waals surface area contributed by atoms with Crippen LogP contribution in [-0.2, 0) is 24.6 Å². The van der Waals surface area contributed by atoms with Gasteiger partial charge in [0, 0.05) is 16.1 Å². The van der Waals surface area contributed by atoms with Gasteiger partial charge in [0.25, 0.3) is 0 Å². The zero-order chi connectivity index (χ0) is 26.6. The highest BCUT2D eigenvalue weighted by molar-refractivity contribution is 7.16. The molecule has 7 nitrogen and oxygen atoms in total. The van der Waals surface area contributed by atoms with Crippen LogP contribution in [0.4, 0.5) is 5.13 Å². The topological polar surface area (TPSA) is 89.5 Å². The lowest BCUT2D eigenvalue weighted by molar-refractivity contribution is -0.152. The molecule has 2 aromatic carbocycles. The molecule has 1 aliphatic heterocycles. The Morgan fingerprint density at radius 1 is 1.00 bits per heavy atom.